The van der Waals surface area contributed by atoms with Gasteiger partial charge in [0.25, 0.3) is 5.97 Å². The molecule has 0 spiro atoms. The molecule has 0 aliphatic rings. The third-order valence-corrected chi connectivity index (χ3v) is 8.35. The van der Waals surface area contributed by atoms with Crippen molar-refractivity contribution >= 4 is 9.76 Å². The van der Waals surface area contributed by atoms with Crippen LogP contribution in [0, 0.1) is 0 Å². The van der Waals surface area contributed by atoms with E-state index in [0.29, 0.717) is 0 Å². The van der Waals surface area contributed by atoms with Crippen molar-refractivity contribution in [2.24, 2.45) is 0 Å². The van der Waals surface area contributed by atoms with Crippen molar-refractivity contribution in [2.75, 3.05) is 48.0 Å². The molecule has 0 aromatic heterocycles. The highest BCUT2D eigenvalue weighted by Crippen LogP contribution is 2.15. The second-order valence-electron chi connectivity index (χ2n) is 10.5. The van der Waals surface area contributed by atoms with E-state index in [1.807, 2.05) is 0 Å². The van der Waals surface area contributed by atoms with Gasteiger partial charge < -0.3 is 23.5 Å². The van der Waals surface area contributed by atoms with Crippen LogP contribution in [0.5, 0.6) is 0 Å². The van der Waals surface area contributed by atoms with Gasteiger partial charge in [0, 0.05) is 14.2 Å². The lowest BCUT2D eigenvalue weighted by Gasteiger charge is -2.31. The number of unbranched alkanes of at least 4 members (excludes halogenated alkanes) is 15. The van der Waals surface area contributed by atoms with Crippen molar-refractivity contribution in [2.45, 2.75) is 128 Å². The molecule has 0 aromatic carbocycles. The summed E-state index contributed by atoms with van der Waals surface area (Å²) in [5.74, 6) is -1.25. The van der Waals surface area contributed by atoms with Crippen LogP contribution in [0.25, 0.3) is 0 Å². The summed E-state index contributed by atoms with van der Waals surface area (Å²) in [6, 6.07) is 1.08. The number of ether oxygens (including phenoxy) is 2. The van der Waals surface area contributed by atoms with E-state index in [-0.39, 0.29) is 6.61 Å². The van der Waals surface area contributed by atoms with Crippen LogP contribution in [-0.4, -0.2) is 73.3 Å². The normalized spacial score (nSPS) is 12.9. The summed E-state index contributed by atoms with van der Waals surface area (Å²) in [4.78, 5) is 0. The first-order valence-electron chi connectivity index (χ1n) is 14.1. The molecule has 0 aliphatic carbocycles. The minimum Gasteiger partial charge on any atom is -0.388 e. The summed E-state index contributed by atoms with van der Waals surface area (Å²) >= 11 is 0. The van der Waals surface area contributed by atoms with Gasteiger partial charge in [0.05, 0.1) is 27.2 Å². The van der Waals surface area contributed by atoms with Gasteiger partial charge in [-0.25, -0.2) is 0 Å². The highest BCUT2D eigenvalue weighted by atomic mass is 28.2. The number of aliphatic hydroxyl groups is 1. The lowest BCUT2D eigenvalue weighted by molar-refractivity contribution is -0.890. The van der Waals surface area contributed by atoms with Gasteiger partial charge in [-0.2, -0.15) is 0 Å². The monoisotopic (exact) mass is 490 g/mol. The Labute approximate surface area is 209 Å². The smallest absolute Gasteiger partial charge is 0.297 e. The number of aliphatic hydroxyl groups excluding tert-OH is 1. The van der Waals surface area contributed by atoms with Crippen LogP contribution >= 0.6 is 0 Å². The maximum absolute atomic E-state index is 9.38. The van der Waals surface area contributed by atoms with E-state index in [9.17, 15) is 5.11 Å². The zero-order valence-electron chi connectivity index (χ0n) is 23.2. The van der Waals surface area contributed by atoms with E-state index in [4.69, 9.17) is 13.9 Å². The molecule has 1 N–H and O–H groups in total. The van der Waals surface area contributed by atoms with Crippen LogP contribution in [0.4, 0.5) is 0 Å². The van der Waals surface area contributed by atoms with Gasteiger partial charge in [-0.05, 0) is 25.3 Å². The van der Waals surface area contributed by atoms with Crippen molar-refractivity contribution in [3.8, 4) is 0 Å². The van der Waals surface area contributed by atoms with Gasteiger partial charge in [-0.3, -0.25) is 0 Å². The number of rotatable bonds is 26. The van der Waals surface area contributed by atoms with Crippen LogP contribution in [0.3, 0.4) is 0 Å². The first-order valence-corrected chi connectivity index (χ1v) is 15.7. The van der Waals surface area contributed by atoms with Crippen LogP contribution in [0.2, 0.25) is 6.04 Å². The zero-order chi connectivity index (χ0) is 24.7. The van der Waals surface area contributed by atoms with Crippen molar-refractivity contribution in [1.82, 2.24) is 0 Å². The van der Waals surface area contributed by atoms with Crippen molar-refractivity contribution in [3.05, 3.63) is 0 Å². The van der Waals surface area contributed by atoms with E-state index >= 15 is 0 Å². The average molecular weight is 491 g/mol. The van der Waals surface area contributed by atoms with E-state index in [1.54, 1.807) is 0 Å². The standard InChI is InChI=1S/C27H60NO4Si/c1-6-7-8-9-10-11-12-13-14-15-16-17-18-19-20-21-23-28(2,3)24-22-25-33-32-27(26-29,30-4)31-5/h29H,6-26,33H2,1-5H3/q+1. The van der Waals surface area contributed by atoms with Gasteiger partial charge in [-0.1, -0.05) is 96.8 Å². The van der Waals surface area contributed by atoms with Gasteiger partial charge in [0.1, 0.15) is 6.61 Å². The molecule has 0 rings (SSSR count). The second-order valence-corrected chi connectivity index (χ2v) is 11.9. The largest absolute Gasteiger partial charge is 0.388 e. The van der Waals surface area contributed by atoms with E-state index < -0.39 is 15.7 Å². The molecule has 0 heterocycles. The molecule has 0 radical (unpaired) electrons. The van der Waals surface area contributed by atoms with E-state index in [2.05, 4.69) is 21.0 Å². The fourth-order valence-corrected chi connectivity index (χ4v) is 5.66. The average Bonchev–Trinajstić information content (AvgIpc) is 2.81. The number of hydrogen-bond acceptors (Lipinski definition) is 4. The van der Waals surface area contributed by atoms with Crippen molar-refractivity contribution < 1.29 is 23.5 Å². The molecule has 0 saturated carbocycles. The Balaban J connectivity index is 3.46. The number of hydrogen-bond donors (Lipinski definition) is 1. The summed E-state index contributed by atoms with van der Waals surface area (Å²) in [6.45, 7) is 4.46. The third kappa shape index (κ3) is 20.0. The topological polar surface area (TPSA) is 47.9 Å². The van der Waals surface area contributed by atoms with Crippen LogP contribution in [0.1, 0.15) is 116 Å². The molecule has 0 unspecified atom stereocenters. The first-order chi connectivity index (χ1) is 15.9. The third-order valence-electron chi connectivity index (χ3n) is 6.91. The SMILES string of the molecule is CCCCCCCCCCCCCCCCCC[N+](C)(C)CCC[SiH2]OC(CO)(OC)OC. The predicted octanol–water partition coefficient (Wildman–Crippen LogP) is 6.17. The predicted molar refractivity (Wildman–Crippen MR) is 144 cm³/mol. The number of nitrogens with zero attached hydrogens (tertiary/aromatic N) is 1. The Kier molecular flexibility index (Phi) is 22.5. The van der Waals surface area contributed by atoms with Gasteiger partial charge >= 0.3 is 0 Å². The molecular formula is C27H60NO4Si+. The Morgan fingerprint density at radius 2 is 1.03 bits per heavy atom. The molecular weight excluding hydrogens is 430 g/mol. The van der Waals surface area contributed by atoms with Gasteiger partial charge in [-0.15, -0.1) is 0 Å². The number of methoxy groups -OCH3 is 2. The van der Waals surface area contributed by atoms with Crippen molar-refractivity contribution in [1.29, 1.82) is 0 Å². The maximum atomic E-state index is 9.38. The molecule has 0 bridgehead atoms. The van der Waals surface area contributed by atoms with Gasteiger partial charge in [0.15, 0.2) is 9.76 Å². The minimum absolute atomic E-state index is 0.270. The van der Waals surface area contributed by atoms with Crippen LogP contribution < -0.4 is 0 Å². The summed E-state index contributed by atoms with van der Waals surface area (Å²) in [5, 5.41) is 9.38. The first kappa shape index (κ1) is 33.0. The van der Waals surface area contributed by atoms with Crippen LogP contribution in [-0.2, 0) is 13.9 Å². The Morgan fingerprint density at radius 3 is 1.42 bits per heavy atom. The quantitative estimate of drug-likeness (QED) is 0.0681. The molecule has 0 amide bonds. The zero-order valence-corrected chi connectivity index (χ0v) is 24.6. The molecule has 33 heavy (non-hydrogen) atoms. The molecule has 200 valence electrons. The highest BCUT2D eigenvalue weighted by molar-refractivity contribution is 6.27. The molecule has 0 fully saturated rings. The maximum Gasteiger partial charge on any atom is 0.297 e. The summed E-state index contributed by atoms with van der Waals surface area (Å²) < 4.78 is 17.1. The Morgan fingerprint density at radius 1 is 0.636 bits per heavy atom. The summed E-state index contributed by atoms with van der Waals surface area (Å²) in [5.41, 5.74) is 0. The fraction of sp³-hybridized carbons (Fsp3) is 1.00. The highest BCUT2D eigenvalue weighted by Gasteiger charge is 2.29. The fourth-order valence-electron chi connectivity index (χ4n) is 4.45. The molecule has 5 nitrogen and oxygen atoms in total. The molecule has 0 aliphatic heterocycles. The van der Waals surface area contributed by atoms with Crippen molar-refractivity contribution in [3.63, 3.8) is 0 Å². The molecule has 6 heteroatoms. The summed E-state index contributed by atoms with van der Waals surface area (Å²) in [7, 11) is 6.94. The number of quaternary nitrogens is 1. The summed E-state index contributed by atoms with van der Waals surface area (Å²) in [6.07, 6.45) is 24.0. The van der Waals surface area contributed by atoms with E-state index in [1.165, 1.54) is 130 Å². The van der Waals surface area contributed by atoms with E-state index in [0.717, 1.165) is 16.9 Å². The van der Waals surface area contributed by atoms with Crippen LogP contribution in [0.15, 0.2) is 0 Å². The minimum atomic E-state index is -1.25. The van der Waals surface area contributed by atoms with Gasteiger partial charge in [0.2, 0.25) is 0 Å². The second kappa shape index (κ2) is 22.5. The lowest BCUT2D eigenvalue weighted by atomic mass is 10.0. The Hall–Kier alpha value is 0.0169. The molecule has 0 aromatic rings. The Bertz CT molecular complexity index is 397. The molecule has 0 saturated heterocycles. The molecule has 0 atom stereocenters. The lowest BCUT2D eigenvalue weighted by Crippen LogP contribution is -2.43.